The minimum absolute atomic E-state index is 0.108. The number of esters is 1. The second kappa shape index (κ2) is 8.32. The fourth-order valence-electron chi connectivity index (χ4n) is 6.15. The molecule has 1 aromatic carbocycles. The summed E-state index contributed by atoms with van der Waals surface area (Å²) in [4.78, 5) is 25.2. The van der Waals surface area contributed by atoms with Gasteiger partial charge in [-0.05, 0) is 80.1 Å². The van der Waals surface area contributed by atoms with E-state index in [1.54, 1.807) is 18.2 Å². The van der Waals surface area contributed by atoms with Gasteiger partial charge in [0.2, 0.25) is 5.75 Å². The highest BCUT2D eigenvalue weighted by Gasteiger charge is 2.54. The minimum Gasteiger partial charge on any atom is -0.493 e. The summed E-state index contributed by atoms with van der Waals surface area (Å²) in [6.07, 6.45) is 9.73. The van der Waals surface area contributed by atoms with E-state index in [1.807, 2.05) is 0 Å². The van der Waals surface area contributed by atoms with Gasteiger partial charge in [-0.2, -0.15) is 0 Å². The third kappa shape index (κ3) is 3.92. The molecule has 0 atom stereocenters. The quantitative estimate of drug-likeness (QED) is 0.472. The Balaban J connectivity index is 1.37. The van der Waals surface area contributed by atoms with E-state index < -0.39 is 5.97 Å². The highest BCUT2D eigenvalue weighted by molar-refractivity contribution is 5.92. The van der Waals surface area contributed by atoms with Crippen LogP contribution in [0.5, 0.6) is 17.2 Å². The van der Waals surface area contributed by atoms with Crippen molar-refractivity contribution in [1.82, 2.24) is 0 Å². The van der Waals surface area contributed by atoms with Crippen molar-refractivity contribution in [2.45, 2.75) is 38.5 Å². The maximum atomic E-state index is 13.0. The molecule has 5 rings (SSSR count). The molecule has 0 radical (unpaired) electrons. The van der Waals surface area contributed by atoms with Crippen molar-refractivity contribution < 1.29 is 28.5 Å². The minimum atomic E-state index is -0.526. The molecule has 0 spiro atoms. The van der Waals surface area contributed by atoms with Gasteiger partial charge in [-0.1, -0.05) is 0 Å². The molecule has 0 amide bonds. The molecule has 1 aromatic rings. The molecule has 30 heavy (non-hydrogen) atoms. The van der Waals surface area contributed by atoms with E-state index in [0.717, 1.165) is 19.3 Å². The number of hydrogen-bond donors (Lipinski definition) is 0. The van der Waals surface area contributed by atoms with E-state index in [-0.39, 0.29) is 17.8 Å². The molecule has 162 valence electrons. The number of carbonyl (C=O) groups excluding carboxylic acids is 2. The van der Waals surface area contributed by atoms with Crippen LogP contribution >= 0.6 is 0 Å². The van der Waals surface area contributed by atoms with Crippen molar-refractivity contribution in [3.8, 4) is 17.2 Å². The Bertz CT molecular complexity index is 795. The second-order valence-corrected chi connectivity index (χ2v) is 9.02. The van der Waals surface area contributed by atoms with Crippen molar-refractivity contribution in [3.05, 3.63) is 23.8 Å². The molecule has 4 aliphatic carbocycles. The second-order valence-electron chi connectivity index (χ2n) is 9.02. The average molecular weight is 414 g/mol. The lowest BCUT2D eigenvalue weighted by Gasteiger charge is -2.55. The standard InChI is InChI=1S/C24H30O6/c1-27-19-9-15(10-20(28-2)23(19)29-3)4-5-22(26)30-14-21(25)24-11-16-6-17(12-24)8-18(7-16)13-24/h4-5,9-10,16-18H,6-8,11-14H2,1-3H3/b5-4+. The first-order valence-electron chi connectivity index (χ1n) is 10.6. The molecular weight excluding hydrogens is 384 g/mol. The molecule has 4 bridgehead atoms. The number of carbonyl (C=O) groups is 2. The Morgan fingerprint density at radius 1 is 0.933 bits per heavy atom. The van der Waals surface area contributed by atoms with Crippen LogP contribution in [-0.4, -0.2) is 39.7 Å². The van der Waals surface area contributed by atoms with Crippen LogP contribution in [0.4, 0.5) is 0 Å². The lowest BCUT2D eigenvalue weighted by molar-refractivity contribution is -0.155. The molecule has 4 saturated carbocycles. The molecule has 0 aromatic heterocycles. The van der Waals surface area contributed by atoms with Crippen LogP contribution in [0.25, 0.3) is 6.08 Å². The Hall–Kier alpha value is -2.50. The van der Waals surface area contributed by atoms with E-state index >= 15 is 0 Å². The third-order valence-electron chi connectivity index (χ3n) is 7.07. The normalized spacial score (nSPS) is 29.1. The zero-order chi connectivity index (χ0) is 21.3. The Morgan fingerprint density at radius 2 is 1.47 bits per heavy atom. The number of ether oxygens (including phenoxy) is 4. The summed E-state index contributed by atoms with van der Waals surface area (Å²) in [7, 11) is 4.61. The monoisotopic (exact) mass is 414 g/mol. The lowest BCUT2D eigenvalue weighted by atomic mass is 9.48. The van der Waals surface area contributed by atoms with Crippen molar-refractivity contribution >= 4 is 17.8 Å². The van der Waals surface area contributed by atoms with Gasteiger partial charge in [-0.25, -0.2) is 4.79 Å². The summed E-state index contributed by atoms with van der Waals surface area (Å²) in [5.74, 6) is 3.14. The molecule has 0 heterocycles. The Labute approximate surface area is 177 Å². The predicted molar refractivity (Wildman–Crippen MR) is 112 cm³/mol. The van der Waals surface area contributed by atoms with Crippen molar-refractivity contribution in [2.24, 2.45) is 23.2 Å². The summed E-state index contributed by atoms with van der Waals surface area (Å²) in [6, 6.07) is 3.48. The highest BCUT2D eigenvalue weighted by Crippen LogP contribution is 2.60. The van der Waals surface area contributed by atoms with Crippen molar-refractivity contribution in [1.29, 1.82) is 0 Å². The molecule has 0 unspecified atom stereocenters. The van der Waals surface area contributed by atoms with E-state index in [2.05, 4.69) is 0 Å². The molecule has 6 heteroatoms. The largest absolute Gasteiger partial charge is 0.493 e. The predicted octanol–water partition coefficient (Wildman–Crippen LogP) is 4.05. The van der Waals surface area contributed by atoms with Crippen LogP contribution in [0.2, 0.25) is 0 Å². The Morgan fingerprint density at radius 3 is 1.93 bits per heavy atom. The van der Waals surface area contributed by atoms with Crippen molar-refractivity contribution in [2.75, 3.05) is 27.9 Å². The summed E-state index contributed by atoms with van der Waals surface area (Å²) < 4.78 is 21.3. The van der Waals surface area contributed by atoms with E-state index in [1.165, 1.54) is 46.7 Å². The van der Waals surface area contributed by atoms with Gasteiger partial charge in [0.15, 0.2) is 23.9 Å². The highest BCUT2D eigenvalue weighted by atomic mass is 16.5. The number of benzene rings is 1. The summed E-state index contributed by atoms with van der Waals surface area (Å²) in [5.41, 5.74) is 0.462. The van der Waals surface area contributed by atoms with Crippen LogP contribution in [-0.2, 0) is 14.3 Å². The smallest absolute Gasteiger partial charge is 0.331 e. The lowest BCUT2D eigenvalue weighted by Crippen LogP contribution is -2.51. The SMILES string of the molecule is COc1cc(/C=C/C(=O)OCC(=O)C23CC4CC(CC(C4)C2)C3)cc(OC)c1OC. The van der Waals surface area contributed by atoms with E-state index in [4.69, 9.17) is 18.9 Å². The number of methoxy groups -OCH3 is 3. The fourth-order valence-corrected chi connectivity index (χ4v) is 6.15. The molecule has 4 fully saturated rings. The molecule has 0 N–H and O–H groups in total. The van der Waals surface area contributed by atoms with Gasteiger partial charge in [0, 0.05) is 11.5 Å². The summed E-state index contributed by atoms with van der Waals surface area (Å²) in [6.45, 7) is -0.134. The van der Waals surface area contributed by atoms with E-state index in [9.17, 15) is 9.59 Å². The number of Topliss-reactive ketones (excluding diaryl/α,β-unsaturated/α-hetero) is 1. The Kier molecular flexibility index (Phi) is 5.76. The number of rotatable bonds is 8. The van der Waals surface area contributed by atoms with Crippen LogP contribution < -0.4 is 14.2 Å². The van der Waals surface area contributed by atoms with Gasteiger partial charge in [0.1, 0.15) is 0 Å². The van der Waals surface area contributed by atoms with Crippen LogP contribution in [0.15, 0.2) is 18.2 Å². The first-order valence-corrected chi connectivity index (χ1v) is 10.6. The van der Waals surface area contributed by atoms with Gasteiger partial charge in [0.05, 0.1) is 21.3 Å². The molecule has 6 nitrogen and oxygen atoms in total. The molecular formula is C24H30O6. The molecule has 0 saturated heterocycles. The van der Waals surface area contributed by atoms with Crippen molar-refractivity contribution in [3.63, 3.8) is 0 Å². The van der Waals surface area contributed by atoms with Gasteiger partial charge in [0.25, 0.3) is 0 Å². The first-order chi connectivity index (χ1) is 14.5. The topological polar surface area (TPSA) is 71.1 Å². The zero-order valence-electron chi connectivity index (χ0n) is 17.9. The average Bonchev–Trinajstić information content (AvgIpc) is 2.74. The fraction of sp³-hybridized carbons (Fsp3) is 0.583. The zero-order valence-corrected chi connectivity index (χ0v) is 17.9. The van der Waals surface area contributed by atoms with Gasteiger partial charge < -0.3 is 18.9 Å². The van der Waals surface area contributed by atoms with Crippen LogP contribution in [0, 0.1) is 23.2 Å². The maximum absolute atomic E-state index is 13.0. The molecule has 0 aliphatic heterocycles. The number of hydrogen-bond acceptors (Lipinski definition) is 6. The van der Waals surface area contributed by atoms with Gasteiger partial charge in [-0.15, -0.1) is 0 Å². The van der Waals surface area contributed by atoms with Crippen LogP contribution in [0.1, 0.15) is 44.1 Å². The molecule has 4 aliphatic rings. The van der Waals surface area contributed by atoms with Gasteiger partial charge >= 0.3 is 5.97 Å². The number of ketones is 1. The first kappa shape index (κ1) is 20.8. The van der Waals surface area contributed by atoms with Gasteiger partial charge in [-0.3, -0.25) is 4.79 Å². The third-order valence-corrected chi connectivity index (χ3v) is 7.07. The summed E-state index contributed by atoms with van der Waals surface area (Å²) in [5, 5.41) is 0. The van der Waals surface area contributed by atoms with E-state index in [0.29, 0.717) is 40.6 Å². The maximum Gasteiger partial charge on any atom is 0.331 e. The summed E-state index contributed by atoms with van der Waals surface area (Å²) >= 11 is 0. The van der Waals surface area contributed by atoms with Crippen LogP contribution in [0.3, 0.4) is 0 Å².